The van der Waals surface area contributed by atoms with Gasteiger partial charge >= 0.3 is 6.03 Å². The molecule has 0 atom stereocenters. The second-order valence-corrected chi connectivity index (χ2v) is 10.7. The highest BCUT2D eigenvalue weighted by Crippen LogP contribution is 2.41. The Morgan fingerprint density at radius 2 is 1.77 bits per heavy atom. The summed E-state index contributed by atoms with van der Waals surface area (Å²) in [5.41, 5.74) is 2.36. The van der Waals surface area contributed by atoms with Crippen molar-refractivity contribution in [1.29, 1.82) is 0 Å². The van der Waals surface area contributed by atoms with Crippen LogP contribution in [0.25, 0.3) is 21.3 Å². The summed E-state index contributed by atoms with van der Waals surface area (Å²) in [6.07, 6.45) is 3.10. The normalized spacial score (nSPS) is 11.4. The highest BCUT2D eigenvalue weighted by Gasteiger charge is 2.19. The third-order valence-corrected chi connectivity index (χ3v) is 7.63. The molecule has 0 saturated carbocycles. The van der Waals surface area contributed by atoms with E-state index in [0.29, 0.717) is 18.1 Å². The Hall–Kier alpha value is -3.57. The van der Waals surface area contributed by atoms with Crippen molar-refractivity contribution < 1.29 is 17.6 Å². The number of nitrogens with zero attached hydrogens (tertiary/aromatic N) is 2. The molecule has 0 aliphatic carbocycles. The molecule has 0 unspecified atom stereocenters. The highest BCUT2D eigenvalue weighted by molar-refractivity contribution is 7.90. The van der Waals surface area contributed by atoms with E-state index in [0.717, 1.165) is 39.1 Å². The summed E-state index contributed by atoms with van der Waals surface area (Å²) in [5, 5.41) is 6.54. The van der Waals surface area contributed by atoms with E-state index in [1.54, 1.807) is 24.3 Å². The molecule has 2 aromatic carbocycles. The summed E-state index contributed by atoms with van der Waals surface area (Å²) >= 11 is 1.51. The fourth-order valence-electron chi connectivity index (χ4n) is 3.55. The van der Waals surface area contributed by atoms with Crippen LogP contribution < -0.4 is 15.4 Å². The van der Waals surface area contributed by atoms with Crippen LogP contribution in [-0.2, 0) is 10.0 Å². The second-order valence-electron chi connectivity index (χ2n) is 7.81. The van der Waals surface area contributed by atoms with Gasteiger partial charge in [0.15, 0.2) is 0 Å². The van der Waals surface area contributed by atoms with Crippen LogP contribution in [0, 0.1) is 12.7 Å². The van der Waals surface area contributed by atoms with Gasteiger partial charge in [-0.15, -0.1) is 11.3 Å². The first-order valence-corrected chi connectivity index (χ1v) is 13.3. The molecule has 4 rings (SSSR count). The van der Waals surface area contributed by atoms with E-state index in [1.165, 1.54) is 41.9 Å². The number of benzene rings is 2. The van der Waals surface area contributed by atoms with Gasteiger partial charge in [0.05, 0.1) is 10.3 Å². The van der Waals surface area contributed by atoms with Crippen molar-refractivity contribution in [3.63, 3.8) is 0 Å². The monoisotopic (exact) mass is 513 g/mol. The lowest BCUT2D eigenvalue weighted by Crippen LogP contribution is -2.39. The number of halogens is 1. The number of rotatable bonds is 8. The number of aryl methyl sites for hydroxylation is 1. The number of amides is 2. The summed E-state index contributed by atoms with van der Waals surface area (Å²) < 4.78 is 40.5. The average Bonchev–Trinajstić information content (AvgIpc) is 3.16. The van der Waals surface area contributed by atoms with E-state index in [2.05, 4.69) is 20.6 Å². The van der Waals surface area contributed by atoms with Crippen molar-refractivity contribution in [1.82, 2.24) is 20.0 Å². The Kier molecular flexibility index (Phi) is 7.27. The summed E-state index contributed by atoms with van der Waals surface area (Å²) in [5.74, 6) is 0.228. The first-order chi connectivity index (χ1) is 16.8. The Bertz CT molecular complexity index is 1450. The lowest BCUT2D eigenvalue weighted by molar-refractivity contribution is 0.245. The van der Waals surface area contributed by atoms with Crippen molar-refractivity contribution in [3.8, 4) is 11.1 Å². The molecule has 0 radical (unpaired) electrons. The molecule has 0 spiro atoms. The van der Waals surface area contributed by atoms with Crippen LogP contribution >= 0.6 is 11.3 Å². The van der Waals surface area contributed by atoms with Gasteiger partial charge in [-0.2, -0.15) is 0 Å². The molecule has 0 aliphatic heterocycles. The molecule has 2 heterocycles. The number of sulfonamides is 1. The van der Waals surface area contributed by atoms with E-state index in [1.807, 2.05) is 18.6 Å². The number of carbonyl (C=O) groups excluding carboxylic acids is 1. The fraction of sp³-hybridized carbons (Fsp3) is 0.208. The molecule has 2 aromatic heterocycles. The molecule has 0 aliphatic rings. The molecule has 0 saturated heterocycles. The zero-order chi connectivity index (χ0) is 25.0. The molecule has 3 N–H and O–H groups in total. The first kappa shape index (κ1) is 24.6. The predicted molar refractivity (Wildman–Crippen MR) is 136 cm³/mol. The van der Waals surface area contributed by atoms with Crippen LogP contribution in [0.15, 0.2) is 59.8 Å². The smallest absolute Gasteiger partial charge is 0.328 e. The maximum absolute atomic E-state index is 13.5. The third kappa shape index (κ3) is 5.57. The summed E-state index contributed by atoms with van der Waals surface area (Å²) in [4.78, 5) is 22.4. The van der Waals surface area contributed by atoms with Crippen molar-refractivity contribution in [2.75, 3.05) is 11.9 Å². The Morgan fingerprint density at radius 1 is 1.06 bits per heavy atom. The molecule has 0 bridgehead atoms. The van der Waals surface area contributed by atoms with Gasteiger partial charge < -0.3 is 10.6 Å². The van der Waals surface area contributed by atoms with Crippen LogP contribution in [-0.4, -0.2) is 31.0 Å². The maximum atomic E-state index is 13.5. The van der Waals surface area contributed by atoms with E-state index in [4.69, 9.17) is 0 Å². The zero-order valence-corrected chi connectivity index (χ0v) is 20.8. The van der Waals surface area contributed by atoms with Gasteiger partial charge in [-0.05, 0) is 55.3 Å². The van der Waals surface area contributed by atoms with Gasteiger partial charge in [-0.3, -0.25) is 0 Å². The summed E-state index contributed by atoms with van der Waals surface area (Å²) in [7, 11) is -4.01. The fourth-order valence-corrected chi connectivity index (χ4v) is 5.49. The van der Waals surface area contributed by atoms with Crippen molar-refractivity contribution in [2.45, 2.75) is 31.6 Å². The van der Waals surface area contributed by atoms with Crippen LogP contribution in [0.5, 0.6) is 0 Å². The number of thiophene rings is 1. The van der Waals surface area contributed by atoms with Crippen LogP contribution in [0.1, 0.15) is 24.6 Å². The predicted octanol–water partition coefficient (Wildman–Crippen LogP) is 5.34. The number of hydrogen-bond acceptors (Lipinski definition) is 7. The van der Waals surface area contributed by atoms with E-state index >= 15 is 0 Å². The number of anilines is 2. The summed E-state index contributed by atoms with van der Waals surface area (Å²) in [6, 6.07) is 11.5. The number of urea groups is 1. The number of aromatic nitrogens is 2. The van der Waals surface area contributed by atoms with E-state index in [9.17, 15) is 17.6 Å². The molecule has 0 fully saturated rings. The number of nitrogens with one attached hydrogen (secondary N) is 3. The summed E-state index contributed by atoms with van der Waals surface area (Å²) in [6.45, 7) is 4.34. The van der Waals surface area contributed by atoms with Gasteiger partial charge in [0.2, 0.25) is 0 Å². The molecule has 4 aromatic rings. The number of carbonyl (C=O) groups is 1. The van der Waals surface area contributed by atoms with Crippen LogP contribution in [0.3, 0.4) is 0 Å². The zero-order valence-electron chi connectivity index (χ0n) is 19.1. The Balaban J connectivity index is 1.58. The van der Waals surface area contributed by atoms with Crippen molar-refractivity contribution >= 4 is 49.1 Å². The maximum Gasteiger partial charge on any atom is 0.328 e. The number of unbranched alkanes of at least 4 members (excludes halogenated alkanes) is 1. The van der Waals surface area contributed by atoms with Crippen LogP contribution in [0.2, 0.25) is 0 Å². The minimum absolute atomic E-state index is 0.0418. The lowest BCUT2D eigenvalue weighted by atomic mass is 10.0. The molecule has 11 heteroatoms. The minimum atomic E-state index is -4.01. The molecule has 182 valence electrons. The number of hydrogen-bond donors (Lipinski definition) is 3. The van der Waals surface area contributed by atoms with Gasteiger partial charge in [0.25, 0.3) is 10.0 Å². The quantitative estimate of drug-likeness (QED) is 0.274. The lowest BCUT2D eigenvalue weighted by Gasteiger charge is -2.11. The molecule has 8 nitrogen and oxygen atoms in total. The molecule has 2 amide bonds. The van der Waals surface area contributed by atoms with Gasteiger partial charge in [0, 0.05) is 22.7 Å². The van der Waals surface area contributed by atoms with Crippen LogP contribution in [0.4, 0.5) is 20.7 Å². The highest BCUT2D eigenvalue weighted by atomic mass is 32.2. The van der Waals surface area contributed by atoms with E-state index < -0.39 is 16.1 Å². The van der Waals surface area contributed by atoms with Crippen molar-refractivity contribution in [3.05, 3.63) is 65.6 Å². The average molecular weight is 514 g/mol. The van der Waals surface area contributed by atoms with Gasteiger partial charge in [-0.25, -0.2) is 32.3 Å². The molecular formula is C24H24FN5O3S2. The van der Waals surface area contributed by atoms with Gasteiger partial charge in [-0.1, -0.05) is 25.5 Å². The standard InChI is InChI=1S/C24H24FN5O3S2/c1-3-4-13-26-24(31)30-35(32,33)19-11-9-18(10-12-19)29-22-21-20(16-5-7-17(25)8-6-16)15(2)34-23(21)28-14-27-22/h5-12,14H,3-4,13H2,1-2H3,(H2,26,30,31)(H,27,28,29). The Labute approximate surface area is 206 Å². The van der Waals surface area contributed by atoms with E-state index in [-0.39, 0.29) is 10.7 Å². The van der Waals surface area contributed by atoms with Crippen molar-refractivity contribution in [2.24, 2.45) is 0 Å². The largest absolute Gasteiger partial charge is 0.340 e. The Morgan fingerprint density at radius 3 is 2.46 bits per heavy atom. The second kappa shape index (κ2) is 10.4. The third-order valence-electron chi connectivity index (χ3n) is 5.27. The number of fused-ring (bicyclic) bond motifs is 1. The molecular weight excluding hydrogens is 489 g/mol. The SMILES string of the molecule is CCCCNC(=O)NS(=O)(=O)c1ccc(Nc2ncnc3sc(C)c(-c4ccc(F)cc4)c23)cc1. The van der Waals surface area contributed by atoms with Gasteiger partial charge in [0.1, 0.15) is 22.8 Å². The first-order valence-electron chi connectivity index (χ1n) is 11.0. The topological polar surface area (TPSA) is 113 Å². The minimum Gasteiger partial charge on any atom is -0.340 e. The molecule has 35 heavy (non-hydrogen) atoms.